The molecule has 0 atom stereocenters. The van der Waals surface area contributed by atoms with Gasteiger partial charge in [0.15, 0.2) is 0 Å². The summed E-state index contributed by atoms with van der Waals surface area (Å²) in [6.45, 7) is 7.97. The van der Waals surface area contributed by atoms with Crippen molar-refractivity contribution in [3.63, 3.8) is 0 Å². The number of carbonyl (C=O) groups excluding carboxylic acids is 1. The van der Waals surface area contributed by atoms with Crippen molar-refractivity contribution in [1.82, 2.24) is 5.32 Å². The lowest BCUT2D eigenvalue weighted by molar-refractivity contribution is -0.119. The number of nitrogens with zero attached hydrogens (tertiary/aromatic N) is 1. The fourth-order valence-electron chi connectivity index (χ4n) is 2.77. The third kappa shape index (κ3) is 5.99. The molecule has 0 radical (unpaired) electrons. The summed E-state index contributed by atoms with van der Waals surface area (Å²) >= 11 is 0. The molecule has 0 aromatic heterocycles. The summed E-state index contributed by atoms with van der Waals surface area (Å²) < 4.78 is 31.3. The van der Waals surface area contributed by atoms with E-state index in [0.717, 1.165) is 38.6 Å². The van der Waals surface area contributed by atoms with Gasteiger partial charge in [0.2, 0.25) is 15.9 Å². The Kier molecular flexibility index (Phi) is 7.07. The first-order valence-corrected chi connectivity index (χ1v) is 10.9. The number of benzene rings is 2. The van der Waals surface area contributed by atoms with Crippen molar-refractivity contribution in [2.24, 2.45) is 0 Å². The zero-order valence-corrected chi connectivity index (χ0v) is 17.9. The first-order chi connectivity index (χ1) is 13.1. The highest BCUT2D eigenvalue weighted by Crippen LogP contribution is 2.23. The van der Waals surface area contributed by atoms with Crippen molar-refractivity contribution in [1.29, 1.82) is 0 Å². The van der Waals surface area contributed by atoms with Crippen LogP contribution in [0.15, 0.2) is 36.4 Å². The van der Waals surface area contributed by atoms with Crippen LogP contribution in [0.5, 0.6) is 5.75 Å². The maximum atomic E-state index is 12.3. The van der Waals surface area contributed by atoms with Crippen LogP contribution in [0.3, 0.4) is 0 Å². The quantitative estimate of drug-likeness (QED) is 0.687. The molecule has 2 aromatic carbocycles. The minimum Gasteiger partial charge on any atom is -0.491 e. The summed E-state index contributed by atoms with van der Waals surface area (Å²) in [5, 5.41) is 2.72. The second-order valence-electron chi connectivity index (χ2n) is 7.03. The maximum absolute atomic E-state index is 12.3. The van der Waals surface area contributed by atoms with Gasteiger partial charge in [-0.1, -0.05) is 24.3 Å². The van der Waals surface area contributed by atoms with Crippen molar-refractivity contribution in [2.75, 3.05) is 30.3 Å². The SMILES string of the molecule is Cc1ccc(C)c(OCCNC(=O)CN(c2cc(C)ccc2C)S(C)(=O)=O)c1. The van der Waals surface area contributed by atoms with Crippen molar-refractivity contribution in [3.05, 3.63) is 58.7 Å². The number of aryl methyl sites for hydroxylation is 4. The largest absolute Gasteiger partial charge is 0.491 e. The Morgan fingerprint density at radius 3 is 2.25 bits per heavy atom. The highest BCUT2D eigenvalue weighted by molar-refractivity contribution is 7.92. The van der Waals surface area contributed by atoms with Gasteiger partial charge in [0, 0.05) is 0 Å². The van der Waals surface area contributed by atoms with Gasteiger partial charge in [0.25, 0.3) is 0 Å². The van der Waals surface area contributed by atoms with Crippen molar-refractivity contribution < 1.29 is 17.9 Å². The summed E-state index contributed by atoms with van der Waals surface area (Å²) in [7, 11) is -3.60. The third-order valence-corrected chi connectivity index (χ3v) is 5.47. The van der Waals surface area contributed by atoms with Crippen molar-refractivity contribution in [2.45, 2.75) is 27.7 Å². The smallest absolute Gasteiger partial charge is 0.240 e. The Morgan fingerprint density at radius 1 is 1.00 bits per heavy atom. The van der Waals surface area contributed by atoms with Crippen LogP contribution in [-0.4, -0.2) is 40.3 Å². The number of sulfonamides is 1. The molecule has 0 unspecified atom stereocenters. The van der Waals surface area contributed by atoms with Gasteiger partial charge in [-0.25, -0.2) is 8.42 Å². The highest BCUT2D eigenvalue weighted by atomic mass is 32.2. The topological polar surface area (TPSA) is 75.7 Å². The maximum Gasteiger partial charge on any atom is 0.240 e. The first kappa shape index (κ1) is 21.8. The van der Waals surface area contributed by atoms with Crippen LogP contribution in [0.2, 0.25) is 0 Å². The van der Waals surface area contributed by atoms with Crippen LogP contribution < -0.4 is 14.4 Å². The zero-order valence-electron chi connectivity index (χ0n) is 17.1. The van der Waals surface area contributed by atoms with E-state index in [1.165, 1.54) is 0 Å². The molecule has 0 heterocycles. The molecule has 0 saturated carbocycles. The molecule has 2 rings (SSSR count). The summed E-state index contributed by atoms with van der Waals surface area (Å²) in [5.74, 6) is 0.401. The molecule has 0 bridgehead atoms. The van der Waals surface area contributed by atoms with Gasteiger partial charge in [0.05, 0.1) is 18.5 Å². The Balaban J connectivity index is 1.97. The van der Waals surface area contributed by atoms with E-state index in [1.807, 2.05) is 58.0 Å². The molecule has 0 fully saturated rings. The number of amides is 1. The van der Waals surface area contributed by atoms with E-state index >= 15 is 0 Å². The van der Waals surface area contributed by atoms with E-state index in [4.69, 9.17) is 4.74 Å². The van der Waals surface area contributed by atoms with Crippen LogP contribution in [-0.2, 0) is 14.8 Å². The molecule has 152 valence electrons. The summed E-state index contributed by atoms with van der Waals surface area (Å²) in [6, 6.07) is 11.5. The summed E-state index contributed by atoms with van der Waals surface area (Å²) in [4.78, 5) is 12.3. The Bertz CT molecular complexity index is 955. The molecule has 0 aliphatic rings. The average Bonchev–Trinajstić information content (AvgIpc) is 2.61. The monoisotopic (exact) mass is 404 g/mol. The lowest BCUT2D eigenvalue weighted by Crippen LogP contribution is -2.41. The number of hydrogen-bond acceptors (Lipinski definition) is 4. The van der Waals surface area contributed by atoms with E-state index in [-0.39, 0.29) is 19.0 Å². The molecule has 1 N–H and O–H groups in total. The number of anilines is 1. The number of carbonyl (C=O) groups is 1. The summed E-state index contributed by atoms with van der Waals surface area (Å²) in [6.07, 6.45) is 1.10. The van der Waals surface area contributed by atoms with Crippen LogP contribution >= 0.6 is 0 Å². The van der Waals surface area contributed by atoms with E-state index in [2.05, 4.69) is 5.32 Å². The minimum absolute atomic E-state index is 0.271. The van der Waals surface area contributed by atoms with Gasteiger partial charge in [0.1, 0.15) is 18.9 Å². The molecule has 1 amide bonds. The predicted octanol–water partition coefficient (Wildman–Crippen LogP) is 2.88. The van der Waals surface area contributed by atoms with Gasteiger partial charge in [-0.15, -0.1) is 0 Å². The number of nitrogens with one attached hydrogen (secondary N) is 1. The Labute approximate surface area is 167 Å². The van der Waals surface area contributed by atoms with Gasteiger partial charge in [-0.2, -0.15) is 0 Å². The normalized spacial score (nSPS) is 11.2. The highest BCUT2D eigenvalue weighted by Gasteiger charge is 2.22. The van der Waals surface area contributed by atoms with Crippen molar-refractivity contribution >= 4 is 21.6 Å². The standard InChI is InChI=1S/C21H28N2O4S/c1-15-6-8-17(3)19(12-15)23(28(5,25)26)14-21(24)22-10-11-27-20-13-16(2)7-9-18(20)4/h6-9,12-13H,10-11,14H2,1-5H3,(H,22,24). The van der Waals surface area contributed by atoms with Gasteiger partial charge in [-0.05, 0) is 62.1 Å². The third-order valence-electron chi connectivity index (χ3n) is 4.35. The lowest BCUT2D eigenvalue weighted by Gasteiger charge is -2.24. The minimum atomic E-state index is -3.60. The fraction of sp³-hybridized carbons (Fsp3) is 0.381. The molecule has 28 heavy (non-hydrogen) atoms. The zero-order chi connectivity index (χ0) is 20.9. The molecule has 0 aliphatic heterocycles. The Hall–Kier alpha value is -2.54. The van der Waals surface area contributed by atoms with Crippen LogP contribution in [0.25, 0.3) is 0 Å². The lowest BCUT2D eigenvalue weighted by atomic mass is 10.1. The molecular weight excluding hydrogens is 376 g/mol. The molecule has 7 heteroatoms. The molecule has 0 saturated heterocycles. The molecule has 6 nitrogen and oxygen atoms in total. The van der Waals surface area contributed by atoms with Crippen LogP contribution in [0.4, 0.5) is 5.69 Å². The fourth-order valence-corrected chi connectivity index (χ4v) is 3.68. The van der Waals surface area contributed by atoms with Crippen LogP contribution in [0.1, 0.15) is 22.3 Å². The predicted molar refractivity (Wildman–Crippen MR) is 113 cm³/mol. The van der Waals surface area contributed by atoms with E-state index in [1.54, 1.807) is 6.07 Å². The molecule has 0 aliphatic carbocycles. The van der Waals surface area contributed by atoms with Gasteiger partial charge < -0.3 is 10.1 Å². The van der Waals surface area contributed by atoms with Crippen LogP contribution in [0, 0.1) is 27.7 Å². The van der Waals surface area contributed by atoms with Gasteiger partial charge >= 0.3 is 0 Å². The number of ether oxygens (including phenoxy) is 1. The first-order valence-electron chi connectivity index (χ1n) is 9.09. The molecular formula is C21H28N2O4S. The second-order valence-corrected chi connectivity index (χ2v) is 8.93. The van der Waals surface area contributed by atoms with E-state index < -0.39 is 10.0 Å². The number of hydrogen-bond donors (Lipinski definition) is 1. The Morgan fingerprint density at radius 2 is 1.61 bits per heavy atom. The number of rotatable bonds is 8. The molecule has 0 spiro atoms. The van der Waals surface area contributed by atoms with Crippen molar-refractivity contribution in [3.8, 4) is 5.75 Å². The average molecular weight is 405 g/mol. The molecule has 2 aromatic rings. The van der Waals surface area contributed by atoms with Gasteiger partial charge in [-0.3, -0.25) is 9.10 Å². The second kappa shape index (κ2) is 9.10. The summed E-state index contributed by atoms with van der Waals surface area (Å²) in [5.41, 5.74) is 4.36. The van der Waals surface area contributed by atoms with E-state index in [9.17, 15) is 13.2 Å². The van der Waals surface area contributed by atoms with E-state index in [0.29, 0.717) is 12.3 Å².